The van der Waals surface area contributed by atoms with E-state index in [-0.39, 0.29) is 23.0 Å². The lowest BCUT2D eigenvalue weighted by atomic mass is 10.1. The molecule has 132 valence electrons. The van der Waals surface area contributed by atoms with Gasteiger partial charge in [0.15, 0.2) is 11.3 Å². The maximum absolute atomic E-state index is 10.8. The van der Waals surface area contributed by atoms with Crippen LogP contribution in [0.2, 0.25) is 0 Å². The van der Waals surface area contributed by atoms with Gasteiger partial charge in [0.25, 0.3) is 5.69 Å². The van der Waals surface area contributed by atoms with Crippen LogP contribution in [0.1, 0.15) is 13.8 Å². The molecule has 0 aliphatic heterocycles. The number of nitrogens with zero attached hydrogens (tertiary/aromatic N) is 5. The van der Waals surface area contributed by atoms with Gasteiger partial charge in [-0.15, -0.1) is 14.9 Å². The Morgan fingerprint density at radius 3 is 2.27 bits per heavy atom. The number of hydrogen-bond donors (Lipinski definition) is 1. The summed E-state index contributed by atoms with van der Waals surface area (Å²) in [4.78, 5) is 14.8. The van der Waals surface area contributed by atoms with E-state index in [1.165, 1.54) is 24.3 Å². The van der Waals surface area contributed by atoms with E-state index in [0.717, 1.165) is 10.3 Å². The second-order valence-corrected chi connectivity index (χ2v) is 5.90. The van der Waals surface area contributed by atoms with Gasteiger partial charge in [0.1, 0.15) is 5.69 Å². The van der Waals surface area contributed by atoms with Crippen molar-refractivity contribution in [2.24, 2.45) is 4.99 Å². The molecule has 0 saturated carbocycles. The first-order chi connectivity index (χ1) is 12.5. The first-order valence-electron chi connectivity index (χ1n) is 8.00. The van der Waals surface area contributed by atoms with E-state index in [2.05, 4.69) is 15.2 Å². The molecule has 0 atom stereocenters. The van der Waals surface area contributed by atoms with E-state index in [4.69, 9.17) is 0 Å². The van der Waals surface area contributed by atoms with E-state index in [9.17, 15) is 15.3 Å². The van der Waals surface area contributed by atoms with Crippen LogP contribution >= 0.6 is 0 Å². The van der Waals surface area contributed by atoms with Crippen molar-refractivity contribution < 1.29 is 10.1 Å². The van der Waals surface area contributed by atoms with Crippen molar-refractivity contribution in [3.8, 4) is 22.6 Å². The normalized spacial score (nSPS) is 11.7. The predicted octanol–water partition coefficient (Wildman–Crippen LogP) is 3.07. The van der Waals surface area contributed by atoms with Crippen LogP contribution < -0.4 is 5.49 Å². The van der Waals surface area contributed by atoms with Gasteiger partial charge in [-0.2, -0.15) is 0 Å². The van der Waals surface area contributed by atoms with Crippen LogP contribution in [0.5, 0.6) is 0 Å². The molecule has 8 nitrogen and oxygen atoms in total. The smallest absolute Gasteiger partial charge is 0.269 e. The molecular formula is C18H17N5O3. The van der Waals surface area contributed by atoms with Gasteiger partial charge in [0.05, 0.1) is 4.92 Å². The Bertz CT molecular complexity index is 996. The number of rotatable bonds is 4. The summed E-state index contributed by atoms with van der Waals surface area (Å²) >= 11 is 0. The van der Waals surface area contributed by atoms with Gasteiger partial charge in [0.2, 0.25) is 0 Å². The van der Waals surface area contributed by atoms with E-state index in [1.54, 1.807) is 0 Å². The van der Waals surface area contributed by atoms with Crippen molar-refractivity contribution in [2.45, 2.75) is 19.9 Å². The van der Waals surface area contributed by atoms with Crippen molar-refractivity contribution in [3.63, 3.8) is 0 Å². The van der Waals surface area contributed by atoms with Crippen molar-refractivity contribution in [1.82, 2.24) is 14.9 Å². The van der Waals surface area contributed by atoms with Crippen LogP contribution in [0.3, 0.4) is 0 Å². The fraction of sp³-hybridized carbons (Fsp3) is 0.167. The minimum atomic E-state index is -0.486. The average molecular weight is 351 g/mol. The van der Waals surface area contributed by atoms with E-state index in [1.807, 2.05) is 44.2 Å². The summed E-state index contributed by atoms with van der Waals surface area (Å²) in [7, 11) is 0. The molecule has 0 aliphatic carbocycles. The summed E-state index contributed by atoms with van der Waals surface area (Å²) in [5.41, 5.74) is 1.95. The fourth-order valence-corrected chi connectivity index (χ4v) is 2.44. The first-order valence-corrected chi connectivity index (χ1v) is 8.00. The van der Waals surface area contributed by atoms with Gasteiger partial charge in [-0.1, -0.05) is 30.3 Å². The molecule has 1 aromatic heterocycles. The number of nitro groups is 1. The van der Waals surface area contributed by atoms with Crippen molar-refractivity contribution in [1.29, 1.82) is 0 Å². The quantitative estimate of drug-likeness (QED) is 0.442. The monoisotopic (exact) mass is 351 g/mol. The van der Waals surface area contributed by atoms with E-state index >= 15 is 0 Å². The third-order valence-electron chi connectivity index (χ3n) is 3.62. The van der Waals surface area contributed by atoms with E-state index < -0.39 is 4.92 Å². The average Bonchev–Trinajstić information content (AvgIpc) is 2.64. The minimum Gasteiger partial charge on any atom is -0.425 e. The van der Waals surface area contributed by atoms with Gasteiger partial charge >= 0.3 is 0 Å². The number of nitro benzene ring substituents is 1. The molecule has 0 unspecified atom stereocenters. The topological polar surface area (TPSA) is 106 Å². The molecule has 2 aromatic carbocycles. The molecule has 0 bridgehead atoms. The molecule has 1 N–H and O–H groups in total. The molecule has 26 heavy (non-hydrogen) atoms. The molecule has 1 heterocycles. The lowest BCUT2D eigenvalue weighted by Gasteiger charge is -2.10. The summed E-state index contributed by atoms with van der Waals surface area (Å²) in [6.07, 6.45) is 0. The van der Waals surface area contributed by atoms with Gasteiger partial charge in [-0.05, 0) is 26.0 Å². The third kappa shape index (κ3) is 3.44. The highest BCUT2D eigenvalue weighted by atomic mass is 16.6. The predicted molar refractivity (Wildman–Crippen MR) is 95.4 cm³/mol. The van der Waals surface area contributed by atoms with Crippen LogP contribution in [0, 0.1) is 10.1 Å². The Kier molecular flexibility index (Phi) is 4.74. The Labute approximate surface area is 149 Å². The summed E-state index contributed by atoms with van der Waals surface area (Å²) < 4.78 is 0.872. The highest BCUT2D eigenvalue weighted by Crippen LogP contribution is 2.20. The van der Waals surface area contributed by atoms with Crippen molar-refractivity contribution >= 4 is 5.69 Å². The second-order valence-electron chi connectivity index (χ2n) is 5.90. The molecular weight excluding hydrogens is 334 g/mol. The van der Waals surface area contributed by atoms with E-state index in [0.29, 0.717) is 11.3 Å². The molecule has 0 spiro atoms. The maximum atomic E-state index is 10.8. The van der Waals surface area contributed by atoms with Crippen molar-refractivity contribution in [3.05, 3.63) is 70.2 Å². The zero-order chi connectivity index (χ0) is 18.7. The molecule has 3 aromatic rings. The molecule has 0 radical (unpaired) electrons. The van der Waals surface area contributed by atoms with Gasteiger partial charge < -0.3 is 5.21 Å². The fourth-order valence-electron chi connectivity index (χ4n) is 2.44. The van der Waals surface area contributed by atoms with Crippen LogP contribution in [-0.2, 0) is 0 Å². The summed E-state index contributed by atoms with van der Waals surface area (Å²) in [6, 6.07) is 15.0. The Morgan fingerprint density at radius 1 is 1.04 bits per heavy atom. The first kappa shape index (κ1) is 17.3. The molecule has 0 aliphatic rings. The Morgan fingerprint density at radius 2 is 1.69 bits per heavy atom. The van der Waals surface area contributed by atoms with Gasteiger partial charge in [0, 0.05) is 29.3 Å². The van der Waals surface area contributed by atoms with Crippen LogP contribution in [0.15, 0.2) is 59.6 Å². The largest absolute Gasteiger partial charge is 0.425 e. The number of hydrogen-bond acceptors (Lipinski definition) is 6. The SMILES string of the molecule is CC(C)N=c1c(-c2ccccc2)nnc(-c2ccc([N+](=O)[O-])cc2)n1O. The highest BCUT2D eigenvalue weighted by molar-refractivity contribution is 5.61. The molecule has 8 heteroatoms. The minimum absolute atomic E-state index is 0.0424. The zero-order valence-electron chi connectivity index (χ0n) is 14.3. The number of non-ortho nitro benzene ring substituents is 1. The van der Waals surface area contributed by atoms with Crippen molar-refractivity contribution in [2.75, 3.05) is 0 Å². The number of benzene rings is 2. The van der Waals surface area contributed by atoms with Crippen LogP contribution in [-0.4, -0.2) is 31.1 Å². The van der Waals surface area contributed by atoms with Gasteiger partial charge in [-0.25, -0.2) is 0 Å². The molecule has 3 rings (SSSR count). The molecule has 0 amide bonds. The lowest BCUT2D eigenvalue weighted by Crippen LogP contribution is -2.27. The number of aromatic nitrogens is 3. The lowest BCUT2D eigenvalue weighted by molar-refractivity contribution is -0.384. The molecule has 0 fully saturated rings. The standard InChI is InChI=1S/C18H17N5O3/c1-12(2)19-18-16(13-6-4-3-5-7-13)20-21-17(22(18)24)14-8-10-15(11-9-14)23(25)26/h3-12,24H,1-2H3. The Balaban J connectivity index is 2.19. The highest BCUT2D eigenvalue weighted by Gasteiger charge is 2.15. The second kappa shape index (κ2) is 7.14. The molecule has 0 saturated heterocycles. The summed E-state index contributed by atoms with van der Waals surface area (Å²) in [6.45, 7) is 3.78. The maximum Gasteiger partial charge on any atom is 0.269 e. The van der Waals surface area contributed by atoms with Crippen LogP contribution in [0.25, 0.3) is 22.6 Å². The Hall–Kier alpha value is -3.55. The summed E-state index contributed by atoms with van der Waals surface area (Å²) in [5, 5.41) is 29.8. The summed E-state index contributed by atoms with van der Waals surface area (Å²) in [5.74, 6) is 0.152. The van der Waals surface area contributed by atoms with Gasteiger partial charge in [-0.3, -0.25) is 15.1 Å². The zero-order valence-corrected chi connectivity index (χ0v) is 14.3. The third-order valence-corrected chi connectivity index (χ3v) is 3.62. The van der Waals surface area contributed by atoms with Crippen LogP contribution in [0.4, 0.5) is 5.69 Å².